The van der Waals surface area contributed by atoms with E-state index in [-0.39, 0.29) is 17.9 Å². The maximum Gasteiger partial charge on any atom is 0.0742 e. The molecule has 1 nitrogen and oxygen atoms in total. The van der Waals surface area contributed by atoms with Gasteiger partial charge in [-0.2, -0.15) is 0 Å². The van der Waals surface area contributed by atoms with Crippen LogP contribution in [0.2, 0.25) is 0 Å². The molecule has 0 saturated carbocycles. The first-order chi connectivity index (χ1) is 3.72. The van der Waals surface area contributed by atoms with E-state index in [4.69, 9.17) is 39.9 Å². The molecule has 0 aliphatic rings. The minimum atomic E-state index is -0.422. The van der Waals surface area contributed by atoms with Gasteiger partial charge in [-0.15, -0.1) is 34.8 Å². The molecular formula is C4H7Cl3O. The fraction of sp³-hybridized carbons (Fsp3) is 1.00. The number of rotatable bonds is 3. The fourth-order valence-corrected chi connectivity index (χ4v) is 0.686. The van der Waals surface area contributed by atoms with Crippen molar-refractivity contribution < 1.29 is 5.11 Å². The van der Waals surface area contributed by atoms with E-state index in [1.54, 1.807) is 0 Å². The van der Waals surface area contributed by atoms with E-state index < -0.39 is 5.38 Å². The van der Waals surface area contributed by atoms with Gasteiger partial charge in [0.25, 0.3) is 0 Å². The van der Waals surface area contributed by atoms with Gasteiger partial charge >= 0.3 is 0 Å². The van der Waals surface area contributed by atoms with E-state index in [1.165, 1.54) is 0 Å². The normalized spacial score (nSPS) is 18.0. The van der Waals surface area contributed by atoms with Crippen LogP contribution in [0.1, 0.15) is 0 Å². The Morgan fingerprint density at radius 1 is 1.25 bits per heavy atom. The van der Waals surface area contributed by atoms with Crippen LogP contribution in [0.5, 0.6) is 0 Å². The average molecular weight is 177 g/mol. The van der Waals surface area contributed by atoms with Crippen LogP contribution < -0.4 is 0 Å². The SMILES string of the molecule is OC[C@H](Cl)[C@@H](Cl)CCl. The van der Waals surface area contributed by atoms with Gasteiger partial charge in [0.1, 0.15) is 0 Å². The molecule has 0 radical (unpaired) electrons. The van der Waals surface area contributed by atoms with Crippen molar-refractivity contribution in [3.05, 3.63) is 0 Å². The molecule has 0 bridgehead atoms. The van der Waals surface area contributed by atoms with Gasteiger partial charge in [-0.3, -0.25) is 0 Å². The maximum atomic E-state index is 8.36. The molecular weight excluding hydrogens is 170 g/mol. The number of halogens is 3. The summed E-state index contributed by atoms with van der Waals surface area (Å²) in [6.07, 6.45) is 0. The predicted octanol–water partition coefficient (Wildman–Crippen LogP) is 1.43. The molecule has 0 spiro atoms. The van der Waals surface area contributed by atoms with Gasteiger partial charge in [-0.25, -0.2) is 0 Å². The summed E-state index contributed by atoms with van der Waals surface area (Å²) in [5.41, 5.74) is 0. The van der Waals surface area contributed by atoms with Crippen molar-refractivity contribution in [1.82, 2.24) is 0 Å². The van der Waals surface area contributed by atoms with Crippen molar-refractivity contribution >= 4 is 34.8 Å². The molecule has 0 heterocycles. The smallest absolute Gasteiger partial charge is 0.0742 e. The Hall–Kier alpha value is 0.830. The third-order valence-electron chi connectivity index (χ3n) is 0.714. The van der Waals surface area contributed by atoms with Crippen molar-refractivity contribution in [2.75, 3.05) is 12.5 Å². The molecule has 0 unspecified atom stereocenters. The second-order valence-corrected chi connectivity index (χ2v) is 2.80. The van der Waals surface area contributed by atoms with Gasteiger partial charge in [0.15, 0.2) is 0 Å². The van der Waals surface area contributed by atoms with Crippen molar-refractivity contribution in [2.24, 2.45) is 0 Å². The first kappa shape index (κ1) is 8.83. The van der Waals surface area contributed by atoms with E-state index in [0.29, 0.717) is 0 Å². The lowest BCUT2D eigenvalue weighted by Gasteiger charge is -2.08. The molecule has 2 atom stereocenters. The molecule has 0 saturated heterocycles. The third kappa shape index (κ3) is 2.98. The van der Waals surface area contributed by atoms with Crippen LogP contribution in [0.15, 0.2) is 0 Å². The van der Waals surface area contributed by atoms with Crippen molar-refractivity contribution in [2.45, 2.75) is 10.8 Å². The summed E-state index contributed by atoms with van der Waals surface area (Å²) in [7, 11) is 0. The Balaban J connectivity index is 3.29. The van der Waals surface area contributed by atoms with Crippen LogP contribution in [-0.2, 0) is 0 Å². The molecule has 8 heavy (non-hydrogen) atoms. The molecule has 0 aromatic carbocycles. The number of aliphatic hydroxyl groups is 1. The first-order valence-electron chi connectivity index (χ1n) is 2.17. The molecule has 50 valence electrons. The Morgan fingerprint density at radius 3 is 1.88 bits per heavy atom. The lowest BCUT2D eigenvalue weighted by molar-refractivity contribution is 0.292. The monoisotopic (exact) mass is 176 g/mol. The van der Waals surface area contributed by atoms with Crippen LogP contribution in [0.25, 0.3) is 0 Å². The Kier molecular flexibility index (Phi) is 5.17. The number of alkyl halides is 3. The third-order valence-corrected chi connectivity index (χ3v) is 2.23. The van der Waals surface area contributed by atoms with Gasteiger partial charge in [0.05, 0.1) is 17.4 Å². The molecule has 0 fully saturated rings. The molecule has 0 rings (SSSR count). The highest BCUT2D eigenvalue weighted by Gasteiger charge is 2.13. The largest absolute Gasteiger partial charge is 0.395 e. The maximum absolute atomic E-state index is 8.36. The second-order valence-electron chi connectivity index (χ2n) is 1.37. The number of aliphatic hydroxyl groups excluding tert-OH is 1. The van der Waals surface area contributed by atoms with Crippen LogP contribution in [0.3, 0.4) is 0 Å². The zero-order valence-corrected chi connectivity index (χ0v) is 6.42. The minimum Gasteiger partial charge on any atom is -0.395 e. The zero-order valence-electron chi connectivity index (χ0n) is 4.15. The number of hydrogen-bond acceptors (Lipinski definition) is 1. The van der Waals surface area contributed by atoms with E-state index >= 15 is 0 Å². The van der Waals surface area contributed by atoms with Gasteiger partial charge < -0.3 is 5.11 Å². The Morgan fingerprint density at radius 2 is 1.75 bits per heavy atom. The molecule has 0 aromatic rings. The van der Waals surface area contributed by atoms with E-state index in [2.05, 4.69) is 0 Å². The quantitative estimate of drug-likeness (QED) is 0.647. The Bertz CT molecular complexity index is 51.2. The fourth-order valence-electron chi connectivity index (χ4n) is 0.211. The van der Waals surface area contributed by atoms with Gasteiger partial charge in [-0.05, 0) is 0 Å². The first-order valence-corrected chi connectivity index (χ1v) is 3.58. The van der Waals surface area contributed by atoms with Crippen molar-refractivity contribution in [1.29, 1.82) is 0 Å². The van der Waals surface area contributed by atoms with E-state index in [0.717, 1.165) is 0 Å². The summed E-state index contributed by atoms with van der Waals surface area (Å²) in [6.45, 7) is -0.123. The van der Waals surface area contributed by atoms with Crippen molar-refractivity contribution in [3.8, 4) is 0 Å². The van der Waals surface area contributed by atoms with Gasteiger partial charge in [0, 0.05) is 5.88 Å². The van der Waals surface area contributed by atoms with Gasteiger partial charge in [0.2, 0.25) is 0 Å². The highest BCUT2D eigenvalue weighted by atomic mass is 35.5. The topological polar surface area (TPSA) is 20.2 Å². The van der Waals surface area contributed by atoms with Crippen molar-refractivity contribution in [3.63, 3.8) is 0 Å². The zero-order chi connectivity index (χ0) is 6.57. The summed E-state index contributed by atoms with van der Waals surface area (Å²) < 4.78 is 0. The summed E-state index contributed by atoms with van der Waals surface area (Å²) in [4.78, 5) is 0. The highest BCUT2D eigenvalue weighted by molar-refractivity contribution is 6.33. The lowest BCUT2D eigenvalue weighted by atomic mass is 10.3. The van der Waals surface area contributed by atoms with Crippen LogP contribution in [0.4, 0.5) is 0 Å². The summed E-state index contributed by atoms with van der Waals surface area (Å²) in [5, 5.41) is 7.61. The summed E-state index contributed by atoms with van der Waals surface area (Å²) in [6, 6.07) is 0. The van der Waals surface area contributed by atoms with Crippen LogP contribution in [-0.4, -0.2) is 28.3 Å². The summed E-state index contributed by atoms with van der Waals surface area (Å²) >= 11 is 16.2. The molecule has 0 aliphatic carbocycles. The van der Waals surface area contributed by atoms with Crippen LogP contribution >= 0.6 is 34.8 Å². The second kappa shape index (κ2) is 4.68. The van der Waals surface area contributed by atoms with Gasteiger partial charge in [-0.1, -0.05) is 0 Å². The number of hydrogen-bond donors (Lipinski definition) is 1. The van der Waals surface area contributed by atoms with E-state index in [9.17, 15) is 0 Å². The Labute approximate surface area is 63.5 Å². The minimum absolute atomic E-state index is 0.123. The molecule has 0 amide bonds. The molecule has 0 aliphatic heterocycles. The molecule has 0 aromatic heterocycles. The lowest BCUT2D eigenvalue weighted by Crippen LogP contribution is -2.20. The summed E-state index contributed by atoms with van der Waals surface area (Å²) in [5.74, 6) is 0.274. The highest BCUT2D eigenvalue weighted by Crippen LogP contribution is 2.10. The average Bonchev–Trinajstić information content (AvgIpc) is 1.84. The van der Waals surface area contributed by atoms with E-state index in [1.807, 2.05) is 0 Å². The predicted molar refractivity (Wildman–Crippen MR) is 37.1 cm³/mol. The molecule has 4 heteroatoms. The van der Waals surface area contributed by atoms with Crippen LogP contribution in [0, 0.1) is 0 Å². The molecule has 1 N–H and O–H groups in total. The standard InChI is InChI=1S/C4H7Cl3O/c5-1-3(6)4(7)2-8/h3-4,8H,1-2H2/t3-,4-/m0/s1.